The number of hydrogen-bond donors (Lipinski definition) is 3. The average molecular weight is 676 g/mol. The second kappa shape index (κ2) is 14.4. The van der Waals surface area contributed by atoms with E-state index in [1.54, 1.807) is 0 Å². The van der Waals surface area contributed by atoms with Gasteiger partial charge in [0.2, 0.25) is 0 Å². The minimum atomic E-state index is 0.321. The molecule has 0 saturated heterocycles. The number of aromatic nitrogens is 2. The second-order valence-corrected chi connectivity index (χ2v) is 13.3. The molecule has 52 heavy (non-hydrogen) atoms. The van der Waals surface area contributed by atoms with Gasteiger partial charge in [-0.15, -0.1) is 0 Å². The van der Waals surface area contributed by atoms with Gasteiger partial charge in [-0.2, -0.15) is 0 Å². The Labute approximate surface area is 306 Å². The van der Waals surface area contributed by atoms with Crippen LogP contribution in [-0.4, -0.2) is 17.0 Å². The SMILES string of the molecule is CNc1ccccc1NC1=C(c2ccccc2Nc2cccc(-c3nc(-c4ccccc4)c(C)c(-c4ccccc4C)n3)c2)CC2C=CC=CC2=C1. The third-order valence-corrected chi connectivity index (χ3v) is 9.94. The van der Waals surface area contributed by atoms with E-state index in [9.17, 15) is 0 Å². The van der Waals surface area contributed by atoms with Crippen molar-refractivity contribution in [2.45, 2.75) is 20.3 Å². The molecule has 3 N–H and O–H groups in total. The van der Waals surface area contributed by atoms with Gasteiger partial charge < -0.3 is 16.0 Å². The summed E-state index contributed by atoms with van der Waals surface area (Å²) in [5.41, 5.74) is 16.2. The lowest BCUT2D eigenvalue weighted by Gasteiger charge is -2.29. The number of hydrogen-bond acceptors (Lipinski definition) is 5. The Kier molecular flexibility index (Phi) is 9.07. The van der Waals surface area contributed by atoms with Crippen molar-refractivity contribution in [2.24, 2.45) is 5.92 Å². The summed E-state index contributed by atoms with van der Waals surface area (Å²) >= 11 is 0. The topological polar surface area (TPSA) is 61.9 Å². The van der Waals surface area contributed by atoms with Crippen LogP contribution in [-0.2, 0) is 0 Å². The van der Waals surface area contributed by atoms with Crippen LogP contribution in [0.5, 0.6) is 0 Å². The number of allylic oxidation sites excluding steroid dienone is 7. The van der Waals surface area contributed by atoms with E-state index in [0.29, 0.717) is 11.7 Å². The fourth-order valence-electron chi connectivity index (χ4n) is 7.22. The van der Waals surface area contributed by atoms with E-state index in [0.717, 1.165) is 74.1 Å². The maximum absolute atomic E-state index is 5.22. The van der Waals surface area contributed by atoms with Gasteiger partial charge in [-0.25, -0.2) is 9.97 Å². The first kappa shape index (κ1) is 32.7. The quantitative estimate of drug-likeness (QED) is 0.142. The number of anilines is 4. The van der Waals surface area contributed by atoms with Crippen LogP contribution in [0.1, 0.15) is 23.1 Å². The lowest BCUT2D eigenvalue weighted by atomic mass is 9.80. The van der Waals surface area contributed by atoms with Gasteiger partial charge >= 0.3 is 0 Å². The van der Waals surface area contributed by atoms with E-state index in [4.69, 9.17) is 9.97 Å². The summed E-state index contributed by atoms with van der Waals surface area (Å²) in [7, 11) is 1.96. The van der Waals surface area contributed by atoms with Crippen molar-refractivity contribution >= 4 is 28.3 Å². The number of rotatable bonds is 9. The normalized spacial score (nSPS) is 14.8. The standard InChI is InChI=1S/C47H41N5/c1-31-16-7-10-23-38(31)46-32(2)45(33-17-5-4-6-18-33)51-47(52-46)36-21-15-22-37(28-36)49-41-25-12-11-24-39(41)40-29-34-19-8-9-20-35(34)30-44(40)50-43-27-14-13-26-42(43)48-3/h4-28,30,34,48-50H,29H2,1-3H3. The van der Waals surface area contributed by atoms with Crippen LogP contribution in [0.3, 0.4) is 0 Å². The predicted octanol–water partition coefficient (Wildman–Crippen LogP) is 11.8. The van der Waals surface area contributed by atoms with E-state index in [2.05, 4.69) is 182 Å². The average Bonchev–Trinajstić information content (AvgIpc) is 3.19. The molecule has 5 nitrogen and oxygen atoms in total. The predicted molar refractivity (Wildman–Crippen MR) is 219 cm³/mol. The monoisotopic (exact) mass is 675 g/mol. The van der Waals surface area contributed by atoms with Crippen molar-refractivity contribution in [3.05, 3.63) is 186 Å². The molecule has 5 aromatic carbocycles. The van der Waals surface area contributed by atoms with E-state index in [1.165, 1.54) is 16.7 Å². The van der Waals surface area contributed by atoms with Crippen molar-refractivity contribution in [3.8, 4) is 33.9 Å². The maximum atomic E-state index is 5.22. The Bertz CT molecular complexity index is 2400. The number of aryl methyl sites for hydroxylation is 1. The third kappa shape index (κ3) is 6.57. The molecule has 0 amide bonds. The second-order valence-electron chi connectivity index (χ2n) is 13.3. The van der Waals surface area contributed by atoms with Gasteiger partial charge in [0.25, 0.3) is 0 Å². The first-order valence-corrected chi connectivity index (χ1v) is 17.9. The highest BCUT2D eigenvalue weighted by Crippen LogP contribution is 2.42. The smallest absolute Gasteiger partial charge is 0.160 e. The Morgan fingerprint density at radius 3 is 2.12 bits per heavy atom. The van der Waals surface area contributed by atoms with Gasteiger partial charge in [0.05, 0.1) is 22.8 Å². The maximum Gasteiger partial charge on any atom is 0.160 e. The first-order chi connectivity index (χ1) is 25.6. The lowest BCUT2D eigenvalue weighted by Crippen LogP contribution is -2.15. The molecule has 8 rings (SSSR count). The molecule has 0 radical (unpaired) electrons. The van der Waals surface area contributed by atoms with E-state index >= 15 is 0 Å². The highest BCUT2D eigenvalue weighted by molar-refractivity contribution is 5.87. The fourth-order valence-corrected chi connectivity index (χ4v) is 7.22. The fraction of sp³-hybridized carbons (Fsp3) is 0.106. The molecule has 254 valence electrons. The summed E-state index contributed by atoms with van der Waals surface area (Å²) in [6.45, 7) is 4.27. The van der Waals surface area contributed by atoms with Gasteiger partial charge in [0.15, 0.2) is 5.82 Å². The molecule has 1 heterocycles. The van der Waals surface area contributed by atoms with Crippen molar-refractivity contribution in [1.82, 2.24) is 9.97 Å². The molecular formula is C47H41N5. The van der Waals surface area contributed by atoms with E-state index in [-0.39, 0.29) is 0 Å². The Hall–Kier alpha value is -6.46. The number of nitrogens with zero attached hydrogens (tertiary/aromatic N) is 2. The first-order valence-electron chi connectivity index (χ1n) is 17.9. The van der Waals surface area contributed by atoms with Crippen molar-refractivity contribution < 1.29 is 0 Å². The van der Waals surface area contributed by atoms with Crippen LogP contribution in [0.4, 0.5) is 22.7 Å². The van der Waals surface area contributed by atoms with Crippen molar-refractivity contribution in [2.75, 3.05) is 23.0 Å². The molecule has 0 fully saturated rings. The zero-order chi connectivity index (χ0) is 35.4. The van der Waals surface area contributed by atoms with E-state index in [1.807, 2.05) is 13.1 Å². The van der Waals surface area contributed by atoms with Crippen LogP contribution in [0.25, 0.3) is 39.5 Å². The Morgan fingerprint density at radius 1 is 0.615 bits per heavy atom. The lowest BCUT2D eigenvalue weighted by molar-refractivity contribution is 0.787. The Morgan fingerprint density at radius 2 is 1.31 bits per heavy atom. The van der Waals surface area contributed by atoms with Crippen molar-refractivity contribution in [3.63, 3.8) is 0 Å². The summed E-state index contributed by atoms with van der Waals surface area (Å²) in [5, 5.41) is 10.9. The van der Waals surface area contributed by atoms with E-state index < -0.39 is 0 Å². The number of nitrogens with one attached hydrogen (secondary N) is 3. The molecule has 6 aromatic rings. The molecule has 2 aliphatic rings. The summed E-state index contributed by atoms with van der Waals surface area (Å²) in [5.74, 6) is 1.01. The molecule has 0 aliphatic heterocycles. The highest BCUT2D eigenvalue weighted by atomic mass is 15.0. The summed E-state index contributed by atoms with van der Waals surface area (Å²) < 4.78 is 0. The van der Waals surface area contributed by atoms with Gasteiger partial charge in [0.1, 0.15) is 0 Å². The van der Waals surface area contributed by atoms with Crippen LogP contribution in [0, 0.1) is 19.8 Å². The molecule has 0 spiro atoms. The summed E-state index contributed by atoms with van der Waals surface area (Å²) in [6, 6.07) is 44.2. The van der Waals surface area contributed by atoms with Gasteiger partial charge in [-0.1, -0.05) is 121 Å². The molecule has 1 aromatic heterocycles. The molecular weight excluding hydrogens is 635 g/mol. The van der Waals surface area contributed by atoms with Gasteiger partial charge in [-0.05, 0) is 73.4 Å². The minimum Gasteiger partial charge on any atom is -0.386 e. The zero-order valence-corrected chi connectivity index (χ0v) is 29.7. The number of para-hydroxylation sites is 3. The van der Waals surface area contributed by atoms with Crippen LogP contribution < -0.4 is 16.0 Å². The van der Waals surface area contributed by atoms with Crippen LogP contribution >= 0.6 is 0 Å². The zero-order valence-electron chi connectivity index (χ0n) is 29.7. The molecule has 2 aliphatic carbocycles. The molecule has 0 saturated carbocycles. The highest BCUT2D eigenvalue weighted by Gasteiger charge is 2.25. The summed E-state index contributed by atoms with van der Waals surface area (Å²) in [6.07, 6.45) is 12.0. The minimum absolute atomic E-state index is 0.321. The molecule has 1 atom stereocenters. The number of fused-ring (bicyclic) bond motifs is 1. The van der Waals surface area contributed by atoms with Gasteiger partial charge in [0, 0.05) is 57.9 Å². The van der Waals surface area contributed by atoms with Gasteiger partial charge in [-0.3, -0.25) is 0 Å². The summed E-state index contributed by atoms with van der Waals surface area (Å²) in [4.78, 5) is 10.4. The van der Waals surface area contributed by atoms with Crippen LogP contribution in [0.15, 0.2) is 169 Å². The largest absolute Gasteiger partial charge is 0.386 e. The number of benzene rings is 5. The van der Waals surface area contributed by atoms with Crippen molar-refractivity contribution in [1.29, 1.82) is 0 Å². The molecule has 5 heteroatoms. The third-order valence-electron chi connectivity index (χ3n) is 9.94. The molecule has 1 unspecified atom stereocenters. The van der Waals surface area contributed by atoms with Crippen LogP contribution in [0.2, 0.25) is 0 Å². The molecule has 0 bridgehead atoms. The Balaban J connectivity index is 1.20.